The van der Waals surface area contributed by atoms with E-state index in [4.69, 9.17) is 39.5 Å². The van der Waals surface area contributed by atoms with Crippen LogP contribution in [-0.2, 0) is 24.8 Å². The molecule has 4 heterocycles. The minimum atomic E-state index is -1.99. The van der Waals surface area contributed by atoms with E-state index in [1.165, 1.54) is 32.2 Å². The fraction of sp³-hybridized carbons (Fsp3) is 0.100. The van der Waals surface area contributed by atoms with Gasteiger partial charge in [0.25, 0.3) is 11.8 Å². The van der Waals surface area contributed by atoms with E-state index < -0.39 is 51.2 Å². The number of Topliss-reactive ketones (excluding diaryl/α,β-unsaturated/α-hetero) is 2. The van der Waals surface area contributed by atoms with E-state index in [1.54, 1.807) is 60.7 Å². The number of aromatic hydroxyl groups is 2. The van der Waals surface area contributed by atoms with Crippen LogP contribution in [0.15, 0.2) is 91.0 Å². The second-order valence-electron chi connectivity index (χ2n) is 12.5. The van der Waals surface area contributed by atoms with Gasteiger partial charge in [-0.25, -0.2) is 8.78 Å². The van der Waals surface area contributed by atoms with Gasteiger partial charge in [-0.15, -0.1) is 22.7 Å². The first-order valence-electron chi connectivity index (χ1n) is 16.4. The number of hydrogen-bond acceptors (Lipinski definition) is 9. The number of ketones is 2. The quantitative estimate of drug-likeness (QED) is 0.0999. The number of alkyl halides is 1. The van der Waals surface area contributed by atoms with E-state index in [0.29, 0.717) is 11.1 Å². The van der Waals surface area contributed by atoms with Crippen LogP contribution in [0.2, 0.25) is 8.67 Å². The van der Waals surface area contributed by atoms with Crippen LogP contribution in [0, 0.1) is 18.6 Å². The summed E-state index contributed by atoms with van der Waals surface area (Å²) in [5, 5.41) is 26.3. The van der Waals surface area contributed by atoms with Crippen LogP contribution in [0.25, 0.3) is 22.3 Å². The van der Waals surface area contributed by atoms with Crippen molar-refractivity contribution in [3.63, 3.8) is 0 Å². The van der Waals surface area contributed by atoms with Gasteiger partial charge in [0.05, 0.1) is 11.1 Å². The number of carbonyl (C=O) groups excluding carboxylic acids is 4. The molecule has 0 radical (unpaired) electrons. The fourth-order valence-electron chi connectivity index (χ4n) is 6.58. The first kappa shape index (κ1) is 39.1. The summed E-state index contributed by atoms with van der Waals surface area (Å²) in [5.74, 6) is -5.03. The van der Waals surface area contributed by atoms with Crippen molar-refractivity contribution in [1.29, 1.82) is 0 Å². The summed E-state index contributed by atoms with van der Waals surface area (Å²) in [7, 11) is 1.28. The number of rotatable bonds is 5. The molecule has 2 aliphatic rings. The van der Waals surface area contributed by atoms with Gasteiger partial charge in [0.15, 0.2) is 11.6 Å². The van der Waals surface area contributed by atoms with Crippen LogP contribution in [0.1, 0.15) is 37.4 Å². The maximum Gasteiger partial charge on any atom is 0.270 e. The highest BCUT2D eigenvalue weighted by molar-refractivity contribution is 7.21. The molecule has 2 unspecified atom stereocenters. The van der Waals surface area contributed by atoms with Crippen molar-refractivity contribution in [2.45, 2.75) is 17.4 Å². The number of ether oxygens (including phenoxy) is 1. The number of thiophene rings is 2. The molecule has 56 heavy (non-hydrogen) atoms. The molecule has 2 aromatic heterocycles. The number of fused-ring (bicyclic) bond motifs is 2. The summed E-state index contributed by atoms with van der Waals surface area (Å²) < 4.78 is 33.5. The predicted molar refractivity (Wildman–Crippen MR) is 213 cm³/mol. The Balaban J connectivity index is 0.000000172. The molecular weight excluding hydrogens is 829 g/mol. The average Bonchev–Trinajstić information content (AvgIpc) is 3.68. The van der Waals surface area contributed by atoms with Crippen molar-refractivity contribution in [3.05, 3.63) is 139 Å². The molecule has 6 aromatic rings. The molecular formula is C40H25Cl3F2N2O7S2. The van der Waals surface area contributed by atoms with Gasteiger partial charge in [0, 0.05) is 41.0 Å². The zero-order chi connectivity index (χ0) is 40.3. The van der Waals surface area contributed by atoms with E-state index in [-0.39, 0.29) is 63.4 Å². The third-order valence-corrected chi connectivity index (χ3v) is 12.6. The monoisotopic (exact) mass is 852 g/mol. The van der Waals surface area contributed by atoms with E-state index in [1.807, 2.05) is 0 Å². The van der Waals surface area contributed by atoms with Gasteiger partial charge < -0.3 is 25.6 Å². The van der Waals surface area contributed by atoms with Gasteiger partial charge in [-0.05, 0) is 30.2 Å². The summed E-state index contributed by atoms with van der Waals surface area (Å²) >= 11 is 21.2. The molecule has 0 saturated carbocycles. The highest BCUT2D eigenvalue weighted by atomic mass is 35.5. The van der Waals surface area contributed by atoms with Gasteiger partial charge in [-0.3, -0.25) is 19.2 Å². The van der Waals surface area contributed by atoms with Crippen LogP contribution >= 0.6 is 57.5 Å². The Morgan fingerprint density at radius 3 is 1.77 bits per heavy atom. The molecule has 0 bridgehead atoms. The summed E-state index contributed by atoms with van der Waals surface area (Å²) in [6.07, 6.45) is 0. The number of amides is 2. The summed E-state index contributed by atoms with van der Waals surface area (Å²) in [6, 6.07) is 23.0. The van der Waals surface area contributed by atoms with Crippen molar-refractivity contribution in [3.8, 4) is 33.8 Å². The third kappa shape index (κ3) is 6.06. The van der Waals surface area contributed by atoms with E-state index in [0.717, 1.165) is 34.8 Å². The number of methoxy groups -OCH3 is 1. The van der Waals surface area contributed by atoms with Crippen LogP contribution in [-0.4, -0.2) is 40.7 Å². The third-order valence-electron chi connectivity index (χ3n) is 9.37. The molecule has 9 nitrogen and oxygen atoms in total. The molecule has 2 amide bonds. The SMILES string of the molecule is COC1(c2ccccc2)C(=O)Nc2sc(Cl)c(-c3ccc(F)cc3O)c2C1=O.Cc1ccc(-c2c(Cl)sc3c2C(=O)C(Cl)(c2ccccc2)C(=O)N3)c(O)c1F. The van der Waals surface area contributed by atoms with Gasteiger partial charge in [0.1, 0.15) is 30.2 Å². The van der Waals surface area contributed by atoms with Crippen molar-refractivity contribution >= 4 is 90.9 Å². The molecule has 4 aromatic carbocycles. The molecule has 2 atom stereocenters. The Morgan fingerprint density at radius 2 is 1.20 bits per heavy atom. The smallest absolute Gasteiger partial charge is 0.270 e. The number of nitrogens with one attached hydrogen (secondary N) is 2. The van der Waals surface area contributed by atoms with Crippen molar-refractivity contribution in [2.24, 2.45) is 0 Å². The van der Waals surface area contributed by atoms with Gasteiger partial charge in [0.2, 0.25) is 22.0 Å². The fourth-order valence-corrected chi connectivity index (χ4v) is 9.57. The number of hydrogen-bond donors (Lipinski definition) is 4. The van der Waals surface area contributed by atoms with Crippen molar-refractivity contribution in [1.82, 2.24) is 0 Å². The minimum Gasteiger partial charge on any atom is -0.507 e. The Hall–Kier alpha value is -5.15. The largest absolute Gasteiger partial charge is 0.507 e. The van der Waals surface area contributed by atoms with Crippen molar-refractivity contribution < 1.29 is 42.9 Å². The zero-order valence-electron chi connectivity index (χ0n) is 28.8. The normalized spacial score (nSPS) is 18.7. The molecule has 8 rings (SSSR count). The van der Waals surface area contributed by atoms with Gasteiger partial charge in [-0.1, -0.05) is 108 Å². The number of phenolic OH excluding ortho intramolecular Hbond substituents is 2. The summed E-state index contributed by atoms with van der Waals surface area (Å²) in [4.78, 5) is 50.6. The predicted octanol–water partition coefficient (Wildman–Crippen LogP) is 10.1. The second-order valence-corrected chi connectivity index (χ2v) is 16.3. The van der Waals surface area contributed by atoms with Crippen LogP contribution in [0.4, 0.5) is 18.8 Å². The molecule has 4 N–H and O–H groups in total. The summed E-state index contributed by atoms with van der Waals surface area (Å²) in [6.45, 7) is 1.51. The van der Waals surface area contributed by atoms with E-state index in [2.05, 4.69) is 10.6 Å². The van der Waals surface area contributed by atoms with Gasteiger partial charge >= 0.3 is 0 Å². The average molecular weight is 854 g/mol. The Kier molecular flexibility index (Phi) is 10.3. The van der Waals surface area contributed by atoms with Crippen LogP contribution in [0.3, 0.4) is 0 Å². The molecule has 16 heteroatoms. The molecule has 0 saturated heterocycles. The lowest BCUT2D eigenvalue weighted by atomic mass is 9.81. The maximum atomic E-state index is 14.3. The van der Waals surface area contributed by atoms with E-state index >= 15 is 0 Å². The lowest BCUT2D eigenvalue weighted by Crippen LogP contribution is -2.51. The molecule has 2 aliphatic heterocycles. The van der Waals surface area contributed by atoms with Crippen LogP contribution < -0.4 is 10.6 Å². The van der Waals surface area contributed by atoms with Crippen LogP contribution in [0.5, 0.6) is 11.5 Å². The number of carbonyl (C=O) groups is 4. The first-order chi connectivity index (χ1) is 26.7. The highest BCUT2D eigenvalue weighted by Crippen LogP contribution is 2.53. The number of anilines is 2. The number of phenols is 2. The molecule has 0 spiro atoms. The Morgan fingerprint density at radius 1 is 0.679 bits per heavy atom. The summed E-state index contributed by atoms with van der Waals surface area (Å²) in [5.41, 5.74) is -0.214. The first-order valence-corrected chi connectivity index (χ1v) is 19.1. The molecule has 284 valence electrons. The van der Waals surface area contributed by atoms with Gasteiger partial charge in [-0.2, -0.15) is 0 Å². The topological polar surface area (TPSA) is 142 Å². The maximum absolute atomic E-state index is 14.3. The lowest BCUT2D eigenvalue weighted by molar-refractivity contribution is -0.133. The second kappa shape index (κ2) is 14.7. The highest BCUT2D eigenvalue weighted by Gasteiger charge is 2.54. The Labute approximate surface area is 340 Å². The number of aryl methyl sites for hydroxylation is 1. The molecule has 0 fully saturated rings. The van der Waals surface area contributed by atoms with Crippen molar-refractivity contribution in [2.75, 3.05) is 17.7 Å². The lowest BCUT2D eigenvalue weighted by Gasteiger charge is -2.33. The standard InChI is InChI=1S/C20H12Cl2FNO3S.C20H13ClFNO4S/c1-9-7-8-11(15(25)14(9)23)12-13-16(26)20(22,10-5-3-2-4-6-10)19(27)24-18(13)28-17(12)21;1-27-20(10-5-3-2-4-6-10)16(25)15-14(12-8-7-11(22)9-13(12)24)17(21)28-18(15)23-19(20)26/h2-8,25H,1H3,(H,24,27);2-9,24H,1H3,(H,23,26). The number of halogens is 5. The zero-order valence-corrected chi connectivity index (χ0v) is 32.7. The number of benzene rings is 4. The van der Waals surface area contributed by atoms with E-state index in [9.17, 15) is 38.2 Å². The Bertz CT molecular complexity index is 2620. The minimum absolute atomic E-state index is 0.0482. The molecule has 0 aliphatic carbocycles.